The third-order valence-electron chi connectivity index (χ3n) is 3.78. The lowest BCUT2D eigenvalue weighted by atomic mass is 10.0. The molecule has 0 atom stereocenters. The molecule has 0 fully saturated rings. The second-order valence-electron chi connectivity index (χ2n) is 5.42. The van der Waals surface area contributed by atoms with Crippen molar-refractivity contribution in [1.29, 1.82) is 0 Å². The highest BCUT2D eigenvalue weighted by Gasteiger charge is 2.20. The van der Waals surface area contributed by atoms with Crippen molar-refractivity contribution in [1.82, 2.24) is 5.32 Å². The minimum Gasteiger partial charge on any atom is -0.313 e. The lowest BCUT2D eigenvalue weighted by Crippen LogP contribution is -2.15. The summed E-state index contributed by atoms with van der Waals surface area (Å²) >= 11 is 11.9. The maximum absolute atomic E-state index is 12.5. The van der Waals surface area contributed by atoms with Gasteiger partial charge in [0.15, 0.2) is 0 Å². The summed E-state index contributed by atoms with van der Waals surface area (Å²) in [6.45, 7) is 1.71. The fourth-order valence-corrected chi connectivity index (χ4v) is 4.44. The van der Waals surface area contributed by atoms with Gasteiger partial charge in [0.05, 0.1) is 10.0 Å². The molecule has 1 aliphatic heterocycles. The maximum Gasteiger partial charge on any atom is 0.263 e. The fraction of sp³-hybridized carbons (Fsp3) is 0.250. The summed E-state index contributed by atoms with van der Waals surface area (Å²) in [4.78, 5) is -0.0280. The minimum atomic E-state index is -3.79. The van der Waals surface area contributed by atoms with Crippen molar-refractivity contribution in [3.8, 4) is 0 Å². The Morgan fingerprint density at radius 1 is 1.09 bits per heavy atom. The minimum absolute atomic E-state index is 0.0260. The molecule has 0 aromatic heterocycles. The molecule has 23 heavy (non-hydrogen) atoms. The van der Waals surface area contributed by atoms with Gasteiger partial charge in [0.2, 0.25) is 0 Å². The van der Waals surface area contributed by atoms with Crippen LogP contribution in [0.5, 0.6) is 0 Å². The molecule has 2 N–H and O–H groups in total. The van der Waals surface area contributed by atoms with E-state index in [-0.39, 0.29) is 14.9 Å². The van der Waals surface area contributed by atoms with Gasteiger partial charge in [-0.05, 0) is 54.8 Å². The number of rotatable bonds is 3. The van der Waals surface area contributed by atoms with E-state index in [9.17, 15) is 8.42 Å². The van der Waals surface area contributed by atoms with Crippen LogP contribution in [0.25, 0.3) is 0 Å². The molecule has 0 spiro atoms. The molecule has 0 saturated carbocycles. The molecule has 122 valence electrons. The Morgan fingerprint density at radius 2 is 1.91 bits per heavy atom. The van der Waals surface area contributed by atoms with Gasteiger partial charge in [-0.25, -0.2) is 8.42 Å². The number of fused-ring (bicyclic) bond motifs is 1. The first-order valence-corrected chi connectivity index (χ1v) is 9.50. The normalized spacial score (nSPS) is 14.9. The van der Waals surface area contributed by atoms with Crippen molar-refractivity contribution >= 4 is 38.9 Å². The Bertz CT molecular complexity index is 838. The van der Waals surface area contributed by atoms with Gasteiger partial charge in [0.25, 0.3) is 10.0 Å². The third-order valence-corrected chi connectivity index (χ3v) is 6.13. The zero-order chi connectivity index (χ0) is 16.4. The number of halogens is 2. The van der Waals surface area contributed by atoms with Crippen LogP contribution in [0.1, 0.15) is 17.5 Å². The van der Waals surface area contributed by atoms with E-state index in [4.69, 9.17) is 23.2 Å². The van der Waals surface area contributed by atoms with Crippen LogP contribution in [0.2, 0.25) is 10.0 Å². The molecule has 1 aliphatic rings. The van der Waals surface area contributed by atoms with E-state index >= 15 is 0 Å². The van der Waals surface area contributed by atoms with Crippen LogP contribution >= 0.6 is 23.2 Å². The van der Waals surface area contributed by atoms with Crippen LogP contribution in [0, 0.1) is 0 Å². The Kier molecular flexibility index (Phi) is 4.82. The molecule has 0 radical (unpaired) electrons. The summed E-state index contributed by atoms with van der Waals surface area (Å²) in [5.74, 6) is 0. The third kappa shape index (κ3) is 3.63. The van der Waals surface area contributed by atoms with Crippen molar-refractivity contribution in [2.75, 3.05) is 11.3 Å². The second-order valence-corrected chi connectivity index (χ2v) is 7.86. The second kappa shape index (κ2) is 6.69. The van der Waals surface area contributed by atoms with E-state index in [1.807, 2.05) is 12.1 Å². The Balaban J connectivity index is 1.92. The first-order chi connectivity index (χ1) is 11.0. The summed E-state index contributed by atoms with van der Waals surface area (Å²) in [6.07, 6.45) is 2.08. The van der Waals surface area contributed by atoms with Crippen LogP contribution in [0.3, 0.4) is 0 Å². The first-order valence-electron chi connectivity index (χ1n) is 7.27. The van der Waals surface area contributed by atoms with Crippen LogP contribution in [0.15, 0.2) is 41.3 Å². The number of sulfonamides is 1. The van der Waals surface area contributed by atoms with Crippen molar-refractivity contribution in [2.24, 2.45) is 0 Å². The molecule has 0 amide bonds. The topological polar surface area (TPSA) is 58.2 Å². The Hall–Kier alpha value is -1.27. The van der Waals surface area contributed by atoms with Gasteiger partial charge in [0.1, 0.15) is 4.90 Å². The van der Waals surface area contributed by atoms with Crippen LogP contribution in [0.4, 0.5) is 5.69 Å². The maximum atomic E-state index is 12.5. The van der Waals surface area contributed by atoms with Crippen molar-refractivity contribution < 1.29 is 8.42 Å². The molecule has 4 nitrogen and oxygen atoms in total. The summed E-state index contributed by atoms with van der Waals surface area (Å²) < 4.78 is 27.7. The standard InChI is InChI=1S/C16H16Cl2N2O2S/c17-14-4-1-5-15(16(14)18)23(21,22)20-13-7-6-11-3-2-8-19-10-12(11)9-13/h1,4-7,9,19-20H,2-3,8,10H2. The number of hydrogen-bond donors (Lipinski definition) is 2. The van der Waals surface area contributed by atoms with E-state index < -0.39 is 10.0 Å². The number of aryl methyl sites for hydroxylation is 1. The van der Waals surface area contributed by atoms with Gasteiger partial charge >= 0.3 is 0 Å². The average molecular weight is 371 g/mol. The van der Waals surface area contributed by atoms with E-state index in [0.29, 0.717) is 5.69 Å². The number of hydrogen-bond acceptors (Lipinski definition) is 3. The molecule has 0 bridgehead atoms. The summed E-state index contributed by atoms with van der Waals surface area (Å²) in [7, 11) is -3.79. The molecule has 7 heteroatoms. The average Bonchev–Trinajstić information content (AvgIpc) is 2.74. The van der Waals surface area contributed by atoms with Gasteiger partial charge < -0.3 is 5.32 Å². The summed E-state index contributed by atoms with van der Waals surface area (Å²) in [5, 5.41) is 3.56. The predicted molar refractivity (Wildman–Crippen MR) is 93.7 cm³/mol. The molecule has 1 heterocycles. The van der Waals surface area contributed by atoms with Crippen molar-refractivity contribution in [3.05, 3.63) is 57.6 Å². The van der Waals surface area contributed by atoms with Crippen molar-refractivity contribution in [2.45, 2.75) is 24.3 Å². The predicted octanol–water partition coefficient (Wildman–Crippen LogP) is 3.83. The molecule has 2 aromatic rings. The zero-order valence-electron chi connectivity index (χ0n) is 12.3. The monoisotopic (exact) mass is 370 g/mol. The molecule has 0 aliphatic carbocycles. The number of nitrogens with one attached hydrogen (secondary N) is 2. The van der Waals surface area contributed by atoms with Gasteiger partial charge in [0, 0.05) is 12.2 Å². The van der Waals surface area contributed by atoms with E-state index in [2.05, 4.69) is 10.0 Å². The van der Waals surface area contributed by atoms with Crippen LogP contribution in [-0.2, 0) is 23.0 Å². The van der Waals surface area contributed by atoms with E-state index in [1.165, 1.54) is 11.6 Å². The molecule has 0 unspecified atom stereocenters. The van der Waals surface area contributed by atoms with Crippen molar-refractivity contribution in [3.63, 3.8) is 0 Å². The van der Waals surface area contributed by atoms with E-state index in [1.54, 1.807) is 18.2 Å². The van der Waals surface area contributed by atoms with E-state index in [0.717, 1.165) is 31.5 Å². The highest BCUT2D eigenvalue weighted by atomic mass is 35.5. The van der Waals surface area contributed by atoms with Gasteiger partial charge in [-0.2, -0.15) is 0 Å². The zero-order valence-corrected chi connectivity index (χ0v) is 14.6. The molecule has 3 rings (SSSR count). The number of anilines is 1. The van der Waals surface area contributed by atoms with Gasteiger partial charge in [-0.15, -0.1) is 0 Å². The molecular weight excluding hydrogens is 355 g/mol. The van der Waals surface area contributed by atoms with Crippen LogP contribution in [-0.4, -0.2) is 15.0 Å². The summed E-state index contributed by atoms with van der Waals surface area (Å²) in [6, 6.07) is 10.2. The smallest absolute Gasteiger partial charge is 0.263 e. The fourth-order valence-electron chi connectivity index (χ4n) is 2.63. The van der Waals surface area contributed by atoms with Crippen LogP contribution < -0.4 is 10.0 Å². The molecular formula is C16H16Cl2N2O2S. The number of benzene rings is 2. The highest BCUT2D eigenvalue weighted by molar-refractivity contribution is 7.92. The summed E-state index contributed by atoms with van der Waals surface area (Å²) in [5.41, 5.74) is 2.88. The Labute approximate surface area is 145 Å². The SMILES string of the molecule is O=S(=O)(Nc1ccc2c(c1)CNCCC2)c1cccc(Cl)c1Cl. The largest absolute Gasteiger partial charge is 0.313 e. The Morgan fingerprint density at radius 3 is 2.74 bits per heavy atom. The quantitative estimate of drug-likeness (QED) is 0.862. The lowest BCUT2D eigenvalue weighted by Gasteiger charge is -2.13. The van der Waals surface area contributed by atoms with Gasteiger partial charge in [-0.3, -0.25) is 4.72 Å². The lowest BCUT2D eigenvalue weighted by molar-refractivity contribution is 0.601. The molecule has 2 aromatic carbocycles. The molecule has 0 saturated heterocycles. The first kappa shape index (κ1) is 16.6. The van der Waals surface area contributed by atoms with Gasteiger partial charge in [-0.1, -0.05) is 35.3 Å². The highest BCUT2D eigenvalue weighted by Crippen LogP contribution is 2.30.